The van der Waals surface area contributed by atoms with E-state index < -0.39 is 0 Å². The molecular formula is C28H50. The average molecular weight is 387 g/mol. The number of rotatable bonds is 0. The van der Waals surface area contributed by atoms with Crippen molar-refractivity contribution in [3.05, 3.63) is 0 Å². The van der Waals surface area contributed by atoms with E-state index in [2.05, 4.69) is 0 Å². The Balaban J connectivity index is 0.000000126. The van der Waals surface area contributed by atoms with Crippen LogP contribution in [0, 0.1) is 47.3 Å². The van der Waals surface area contributed by atoms with Gasteiger partial charge in [0.25, 0.3) is 0 Å². The zero-order chi connectivity index (χ0) is 19.3. The highest BCUT2D eigenvalue weighted by Crippen LogP contribution is 2.55. The van der Waals surface area contributed by atoms with E-state index in [0.717, 1.165) is 0 Å². The van der Waals surface area contributed by atoms with Crippen molar-refractivity contribution in [3.8, 4) is 0 Å². The summed E-state index contributed by atoms with van der Waals surface area (Å²) in [6, 6.07) is 0. The van der Waals surface area contributed by atoms with Crippen molar-refractivity contribution in [2.45, 2.75) is 129 Å². The molecule has 0 spiro atoms. The monoisotopic (exact) mass is 386 g/mol. The quantitative estimate of drug-likeness (QED) is 0.389. The second-order valence-electron chi connectivity index (χ2n) is 11.3. The van der Waals surface area contributed by atoms with Gasteiger partial charge in [0.05, 0.1) is 0 Å². The largest absolute Gasteiger partial charge is 0.0683 e. The predicted molar refractivity (Wildman–Crippen MR) is 122 cm³/mol. The minimum absolute atomic E-state index is 1.17. The minimum Gasteiger partial charge on any atom is -0.0683 e. The van der Waals surface area contributed by atoms with Gasteiger partial charge in [-0.1, -0.05) is 90.9 Å². The molecule has 0 heteroatoms. The lowest BCUT2D eigenvalue weighted by Crippen LogP contribution is -2.22. The lowest BCUT2D eigenvalue weighted by Gasteiger charge is -2.32. The van der Waals surface area contributed by atoms with Gasteiger partial charge in [0.15, 0.2) is 0 Å². The highest BCUT2D eigenvalue weighted by molar-refractivity contribution is 4.95. The SMILES string of the molecule is C1CCC2C(C1)CC1CCCCC12.C1CCC2C(C1)CC1CCCCC12.CC. The fourth-order valence-electron chi connectivity index (χ4n) is 9.15. The van der Waals surface area contributed by atoms with E-state index in [9.17, 15) is 0 Å². The van der Waals surface area contributed by atoms with Crippen LogP contribution in [-0.4, -0.2) is 0 Å². The van der Waals surface area contributed by atoms with Gasteiger partial charge in [-0.2, -0.15) is 0 Å². The van der Waals surface area contributed by atoms with Gasteiger partial charge in [0.1, 0.15) is 0 Å². The van der Waals surface area contributed by atoms with E-state index in [1.807, 2.05) is 13.8 Å². The van der Waals surface area contributed by atoms with Crippen molar-refractivity contribution in [2.24, 2.45) is 47.3 Å². The number of hydrogen-bond donors (Lipinski definition) is 0. The molecule has 6 aliphatic carbocycles. The van der Waals surface area contributed by atoms with Crippen LogP contribution < -0.4 is 0 Å². The second-order valence-corrected chi connectivity index (χ2v) is 11.3. The highest BCUT2D eigenvalue weighted by Gasteiger charge is 2.45. The van der Waals surface area contributed by atoms with Crippen molar-refractivity contribution in [2.75, 3.05) is 0 Å². The van der Waals surface area contributed by atoms with E-state index in [1.165, 1.54) is 47.3 Å². The Morgan fingerprint density at radius 1 is 0.321 bits per heavy atom. The van der Waals surface area contributed by atoms with Crippen molar-refractivity contribution in [1.29, 1.82) is 0 Å². The topological polar surface area (TPSA) is 0 Å². The minimum atomic E-state index is 1.17. The molecule has 162 valence electrons. The van der Waals surface area contributed by atoms with Gasteiger partial charge in [-0.15, -0.1) is 0 Å². The van der Waals surface area contributed by atoms with Crippen LogP contribution in [0.1, 0.15) is 129 Å². The summed E-state index contributed by atoms with van der Waals surface area (Å²) in [5.74, 6) is 9.39. The van der Waals surface area contributed by atoms with Gasteiger partial charge in [-0.3, -0.25) is 0 Å². The van der Waals surface area contributed by atoms with Gasteiger partial charge >= 0.3 is 0 Å². The van der Waals surface area contributed by atoms with Crippen LogP contribution in [0.15, 0.2) is 0 Å². The molecule has 0 heterocycles. The Kier molecular flexibility index (Phi) is 7.85. The molecule has 6 aliphatic rings. The average Bonchev–Trinajstić information content (AvgIpc) is 3.34. The molecule has 6 rings (SSSR count). The number of hydrogen-bond acceptors (Lipinski definition) is 0. The molecule has 28 heavy (non-hydrogen) atoms. The maximum absolute atomic E-state index is 2.00. The van der Waals surface area contributed by atoms with E-state index in [1.54, 1.807) is 116 Å². The Hall–Kier alpha value is 0. The first-order valence-electron chi connectivity index (χ1n) is 13.9. The molecule has 0 aromatic heterocycles. The van der Waals surface area contributed by atoms with Gasteiger partial charge in [0.2, 0.25) is 0 Å². The molecule has 6 fully saturated rings. The molecule has 0 aromatic carbocycles. The van der Waals surface area contributed by atoms with Gasteiger partial charge in [0, 0.05) is 0 Å². The molecule has 0 bridgehead atoms. The van der Waals surface area contributed by atoms with Crippen LogP contribution in [0.2, 0.25) is 0 Å². The standard InChI is InChI=1S/2C13H22.C2H6/c2*1-3-7-12-10(5-1)9-11-6-2-4-8-13(11)12;1-2/h2*10-13H,1-9H2;1-2H3. The predicted octanol–water partition coefficient (Wildman–Crippen LogP) is 9.03. The third-order valence-electron chi connectivity index (χ3n) is 10.2. The Morgan fingerprint density at radius 2 is 0.536 bits per heavy atom. The Labute approximate surface area is 177 Å². The summed E-state index contributed by atoms with van der Waals surface area (Å²) >= 11 is 0. The lowest BCUT2D eigenvalue weighted by atomic mass is 9.73. The van der Waals surface area contributed by atoms with Crippen LogP contribution in [0.4, 0.5) is 0 Å². The molecule has 6 saturated carbocycles. The molecule has 0 aliphatic heterocycles. The molecule has 0 saturated heterocycles. The van der Waals surface area contributed by atoms with Crippen molar-refractivity contribution >= 4 is 0 Å². The van der Waals surface area contributed by atoms with Gasteiger partial charge in [-0.05, 0) is 85.9 Å². The molecule has 0 amide bonds. The van der Waals surface area contributed by atoms with Crippen LogP contribution in [-0.2, 0) is 0 Å². The zero-order valence-corrected chi connectivity index (χ0v) is 19.3. The molecular weight excluding hydrogens is 336 g/mol. The summed E-state index contributed by atoms with van der Waals surface area (Å²) in [6.45, 7) is 4.00. The second kappa shape index (κ2) is 10.3. The molecule has 0 nitrogen and oxygen atoms in total. The summed E-state index contributed by atoms with van der Waals surface area (Å²) in [6.07, 6.45) is 28.3. The van der Waals surface area contributed by atoms with Crippen LogP contribution in [0.3, 0.4) is 0 Å². The third-order valence-corrected chi connectivity index (χ3v) is 10.2. The maximum Gasteiger partial charge on any atom is -0.0355 e. The Morgan fingerprint density at radius 3 is 0.786 bits per heavy atom. The lowest BCUT2D eigenvalue weighted by molar-refractivity contribution is 0.184. The first-order valence-corrected chi connectivity index (χ1v) is 13.9. The van der Waals surface area contributed by atoms with Crippen LogP contribution >= 0.6 is 0 Å². The maximum atomic E-state index is 2.00. The molecule has 8 atom stereocenters. The van der Waals surface area contributed by atoms with E-state index in [0.29, 0.717) is 0 Å². The van der Waals surface area contributed by atoms with E-state index in [4.69, 9.17) is 0 Å². The van der Waals surface area contributed by atoms with E-state index >= 15 is 0 Å². The molecule has 8 unspecified atom stereocenters. The molecule has 0 N–H and O–H groups in total. The summed E-state index contributed by atoms with van der Waals surface area (Å²) < 4.78 is 0. The van der Waals surface area contributed by atoms with Crippen molar-refractivity contribution < 1.29 is 0 Å². The van der Waals surface area contributed by atoms with Crippen LogP contribution in [0.25, 0.3) is 0 Å². The van der Waals surface area contributed by atoms with Crippen LogP contribution in [0.5, 0.6) is 0 Å². The summed E-state index contributed by atoms with van der Waals surface area (Å²) in [5.41, 5.74) is 0. The highest BCUT2D eigenvalue weighted by atomic mass is 14.5. The summed E-state index contributed by atoms with van der Waals surface area (Å²) in [7, 11) is 0. The normalized spacial score (nSPS) is 46.5. The first kappa shape index (κ1) is 21.2. The molecule has 0 aromatic rings. The number of fused-ring (bicyclic) bond motifs is 6. The fourth-order valence-corrected chi connectivity index (χ4v) is 9.15. The zero-order valence-electron chi connectivity index (χ0n) is 19.3. The summed E-state index contributed by atoms with van der Waals surface area (Å²) in [4.78, 5) is 0. The van der Waals surface area contributed by atoms with Gasteiger partial charge in [-0.25, -0.2) is 0 Å². The van der Waals surface area contributed by atoms with E-state index in [-0.39, 0.29) is 0 Å². The molecule has 0 radical (unpaired) electrons. The smallest absolute Gasteiger partial charge is 0.0355 e. The third kappa shape index (κ3) is 4.51. The summed E-state index contributed by atoms with van der Waals surface area (Å²) in [5, 5.41) is 0. The first-order chi connectivity index (χ1) is 13.9. The van der Waals surface area contributed by atoms with Crippen molar-refractivity contribution in [3.63, 3.8) is 0 Å². The Bertz CT molecular complexity index is 371. The van der Waals surface area contributed by atoms with Crippen molar-refractivity contribution in [1.82, 2.24) is 0 Å². The van der Waals surface area contributed by atoms with Gasteiger partial charge < -0.3 is 0 Å². The fraction of sp³-hybridized carbons (Fsp3) is 1.00.